The van der Waals surface area contributed by atoms with E-state index in [0.717, 1.165) is 0 Å². The van der Waals surface area contributed by atoms with Crippen molar-refractivity contribution < 1.29 is 31.4 Å². The van der Waals surface area contributed by atoms with Gasteiger partial charge in [0.2, 0.25) is 0 Å². The molecule has 0 atom stereocenters. The van der Waals surface area contributed by atoms with Crippen molar-refractivity contribution in [2.45, 2.75) is 25.9 Å². The van der Waals surface area contributed by atoms with Gasteiger partial charge in [-0.25, -0.2) is 0 Å². The molecule has 0 saturated carbocycles. The van der Waals surface area contributed by atoms with Crippen molar-refractivity contribution in [3.63, 3.8) is 0 Å². The van der Waals surface area contributed by atoms with Crippen LogP contribution in [0.5, 0.6) is 0 Å². The van der Waals surface area contributed by atoms with E-state index in [4.69, 9.17) is 0 Å². The average molecular weight is 200 g/mol. The molecule has 9 heavy (non-hydrogen) atoms. The Morgan fingerprint density at radius 2 is 1.33 bits per heavy atom. The fourth-order valence-corrected chi connectivity index (χ4v) is 0. The maximum atomic E-state index is 10.1. The van der Waals surface area contributed by atoms with Gasteiger partial charge in [-0.05, 0) is 5.16 Å². The van der Waals surface area contributed by atoms with E-state index in [2.05, 4.69) is 0 Å². The van der Waals surface area contributed by atoms with Crippen molar-refractivity contribution >= 4 is 7.60 Å². The fourth-order valence-electron chi connectivity index (χ4n) is 0. The zero-order chi connectivity index (χ0) is 7.00. The van der Waals surface area contributed by atoms with E-state index in [1.807, 2.05) is 0 Å². The van der Waals surface area contributed by atoms with Crippen LogP contribution in [0.25, 0.3) is 0 Å². The van der Waals surface area contributed by atoms with Crippen LogP contribution < -0.4 is 9.79 Å². The molecule has 3 nitrogen and oxygen atoms in total. The Labute approximate surface area is 65.5 Å². The Balaban J connectivity index is 0. The number of rotatable bonds is 0. The molecule has 5 heteroatoms. The Bertz CT molecular complexity index is 122. The van der Waals surface area contributed by atoms with Gasteiger partial charge in [0.1, 0.15) is 0 Å². The van der Waals surface area contributed by atoms with Crippen molar-refractivity contribution in [3.05, 3.63) is 0 Å². The molecule has 0 unspecified atom stereocenters. The van der Waals surface area contributed by atoms with Gasteiger partial charge in [-0.1, -0.05) is 28.4 Å². The molecule has 1 radical (unpaired) electrons. The smallest absolute Gasteiger partial charge is 0.810 e. The summed E-state index contributed by atoms with van der Waals surface area (Å²) >= 11 is 0. The molecule has 0 saturated heterocycles. The molecule has 0 bridgehead atoms. The Hall–Kier alpha value is 0.669. The standard InChI is InChI=1S/C4H11O3P.Cu/c1-4(2,3)8(5,6)7;/h1-3H3,(H2,5,6,7);/q;+2/p-2. The first kappa shape index (κ1) is 12.4. The van der Waals surface area contributed by atoms with Crippen molar-refractivity contribution in [2.24, 2.45) is 0 Å². The fraction of sp³-hybridized carbons (Fsp3) is 1.00. The first-order valence-electron chi connectivity index (χ1n) is 2.27. The van der Waals surface area contributed by atoms with Gasteiger partial charge in [0, 0.05) is 0 Å². The van der Waals surface area contributed by atoms with Crippen LogP contribution in [0.2, 0.25) is 0 Å². The molecule has 0 heterocycles. The molecular formula is C4H9CuO3P. The van der Waals surface area contributed by atoms with Gasteiger partial charge in [0.25, 0.3) is 0 Å². The summed E-state index contributed by atoms with van der Waals surface area (Å²) in [5.74, 6) is 0. The minimum absolute atomic E-state index is 0. The predicted molar refractivity (Wildman–Crippen MR) is 27.4 cm³/mol. The summed E-state index contributed by atoms with van der Waals surface area (Å²) in [4.78, 5) is 20.2. The molecule has 0 aromatic heterocycles. The maximum Gasteiger partial charge on any atom is 2.00 e. The van der Waals surface area contributed by atoms with E-state index < -0.39 is 12.8 Å². The molecule has 0 aliphatic heterocycles. The minimum atomic E-state index is -4.35. The Morgan fingerprint density at radius 1 is 1.22 bits per heavy atom. The van der Waals surface area contributed by atoms with E-state index >= 15 is 0 Å². The van der Waals surface area contributed by atoms with E-state index in [1.54, 1.807) is 0 Å². The molecule has 0 rings (SSSR count). The summed E-state index contributed by atoms with van der Waals surface area (Å²) in [6.45, 7) is 4.15. The van der Waals surface area contributed by atoms with Crippen LogP contribution in [0.4, 0.5) is 0 Å². The third-order valence-corrected chi connectivity index (χ3v) is 2.46. The normalized spacial score (nSPS) is 12.6. The average Bonchev–Trinajstić information content (AvgIpc) is 1.25. The van der Waals surface area contributed by atoms with Crippen molar-refractivity contribution in [1.82, 2.24) is 0 Å². The molecule has 0 aliphatic rings. The molecule has 0 amide bonds. The quantitative estimate of drug-likeness (QED) is 0.397. The second kappa shape index (κ2) is 3.18. The Morgan fingerprint density at radius 3 is 1.33 bits per heavy atom. The van der Waals surface area contributed by atoms with Crippen LogP contribution in [0.3, 0.4) is 0 Å². The van der Waals surface area contributed by atoms with Crippen LogP contribution in [0.1, 0.15) is 20.8 Å². The van der Waals surface area contributed by atoms with Gasteiger partial charge in [0.05, 0.1) is 0 Å². The number of hydrogen-bond donors (Lipinski definition) is 0. The summed E-state index contributed by atoms with van der Waals surface area (Å²) < 4.78 is 10.1. The molecule has 0 aromatic carbocycles. The summed E-state index contributed by atoms with van der Waals surface area (Å²) in [7, 11) is -4.35. The van der Waals surface area contributed by atoms with E-state index in [9.17, 15) is 14.4 Å². The zero-order valence-electron chi connectivity index (χ0n) is 5.47. The van der Waals surface area contributed by atoms with Gasteiger partial charge < -0.3 is 14.4 Å². The third kappa shape index (κ3) is 4.12. The predicted octanol–water partition coefficient (Wildman–Crippen LogP) is -0.304. The van der Waals surface area contributed by atoms with Crippen molar-refractivity contribution in [2.75, 3.05) is 0 Å². The van der Waals surface area contributed by atoms with Crippen LogP contribution in [0, 0.1) is 0 Å². The van der Waals surface area contributed by atoms with Crippen LogP contribution >= 0.6 is 7.60 Å². The van der Waals surface area contributed by atoms with E-state index in [-0.39, 0.29) is 17.1 Å². The summed E-state index contributed by atoms with van der Waals surface area (Å²) in [6, 6.07) is 0. The molecule has 0 N–H and O–H groups in total. The van der Waals surface area contributed by atoms with Crippen molar-refractivity contribution in [3.8, 4) is 0 Å². The maximum absolute atomic E-state index is 10.1. The first-order valence-corrected chi connectivity index (χ1v) is 3.81. The molecular weight excluding hydrogens is 191 g/mol. The van der Waals surface area contributed by atoms with Crippen LogP contribution in [-0.4, -0.2) is 5.16 Å². The second-order valence-electron chi connectivity index (χ2n) is 2.67. The largest absolute Gasteiger partial charge is 2.00 e. The Kier molecular flexibility index (Phi) is 4.36. The minimum Gasteiger partial charge on any atom is -0.810 e. The number of hydrogen-bond acceptors (Lipinski definition) is 3. The SMILES string of the molecule is CC(C)(C)P(=O)([O-])[O-].[Cu+2]. The van der Waals surface area contributed by atoms with Crippen LogP contribution in [0.15, 0.2) is 0 Å². The zero-order valence-corrected chi connectivity index (χ0v) is 7.31. The van der Waals surface area contributed by atoms with Gasteiger partial charge in [0.15, 0.2) is 0 Å². The summed E-state index contributed by atoms with van der Waals surface area (Å²) in [5.41, 5.74) is 0. The molecule has 0 spiro atoms. The summed E-state index contributed by atoms with van der Waals surface area (Å²) in [5, 5.41) is -1.12. The van der Waals surface area contributed by atoms with Gasteiger partial charge in [-0.15, -0.1) is 0 Å². The van der Waals surface area contributed by atoms with Crippen LogP contribution in [-0.2, 0) is 21.6 Å². The van der Waals surface area contributed by atoms with E-state index in [0.29, 0.717) is 0 Å². The topological polar surface area (TPSA) is 63.2 Å². The first-order chi connectivity index (χ1) is 3.25. The van der Waals surface area contributed by atoms with Crippen molar-refractivity contribution in [1.29, 1.82) is 0 Å². The third-order valence-electron chi connectivity index (χ3n) is 0.822. The van der Waals surface area contributed by atoms with Gasteiger partial charge in [-0.2, -0.15) is 0 Å². The molecule has 0 fully saturated rings. The van der Waals surface area contributed by atoms with Gasteiger partial charge >= 0.3 is 17.1 Å². The summed E-state index contributed by atoms with van der Waals surface area (Å²) in [6.07, 6.45) is 0. The van der Waals surface area contributed by atoms with Gasteiger partial charge in [-0.3, -0.25) is 0 Å². The molecule has 59 valence electrons. The van der Waals surface area contributed by atoms with E-state index in [1.165, 1.54) is 20.8 Å². The molecule has 0 aromatic rings. The second-order valence-corrected chi connectivity index (χ2v) is 5.00. The molecule has 0 aliphatic carbocycles. The monoisotopic (exact) mass is 199 g/mol.